The van der Waals surface area contributed by atoms with Crippen LogP contribution in [0.2, 0.25) is 0 Å². The van der Waals surface area contributed by atoms with Gasteiger partial charge in [-0.15, -0.1) is 0 Å². The standard InChI is InChI=1S/C22H35N5O/c1-3-20(27-18-8-5-4-6-9-18)17(15-28)14-26-22-19(12-16(2)13-25-22)21-23-10-7-11-24-21/h7,10,12-13,17-18,20,27-28H,3-6,8-9,11,14-15H2,1-2H3,(H,23,24)(H,25,26). The highest BCUT2D eigenvalue weighted by Gasteiger charge is 2.24. The van der Waals surface area contributed by atoms with Gasteiger partial charge < -0.3 is 21.1 Å². The molecule has 1 aromatic rings. The monoisotopic (exact) mass is 385 g/mol. The van der Waals surface area contributed by atoms with Crippen molar-refractivity contribution in [2.24, 2.45) is 10.9 Å². The predicted molar refractivity (Wildman–Crippen MR) is 116 cm³/mol. The Morgan fingerprint density at radius 3 is 2.79 bits per heavy atom. The molecule has 2 aliphatic rings. The van der Waals surface area contributed by atoms with Gasteiger partial charge in [0, 0.05) is 43.6 Å². The molecule has 154 valence electrons. The van der Waals surface area contributed by atoms with E-state index in [1.807, 2.05) is 25.4 Å². The first kappa shape index (κ1) is 20.8. The van der Waals surface area contributed by atoms with E-state index in [1.165, 1.54) is 32.1 Å². The zero-order chi connectivity index (χ0) is 19.8. The van der Waals surface area contributed by atoms with Crippen molar-refractivity contribution in [3.05, 3.63) is 35.7 Å². The molecule has 1 saturated carbocycles. The molecule has 6 heteroatoms. The molecular weight excluding hydrogens is 350 g/mol. The first-order chi connectivity index (χ1) is 13.7. The largest absolute Gasteiger partial charge is 0.396 e. The zero-order valence-corrected chi connectivity index (χ0v) is 17.2. The van der Waals surface area contributed by atoms with E-state index >= 15 is 0 Å². The average Bonchev–Trinajstić information content (AvgIpc) is 2.75. The van der Waals surface area contributed by atoms with Crippen LogP contribution in [0.15, 0.2) is 29.5 Å². The Labute approximate surface area is 168 Å². The van der Waals surface area contributed by atoms with Crippen molar-refractivity contribution in [2.75, 3.05) is 25.0 Å². The van der Waals surface area contributed by atoms with Crippen LogP contribution in [-0.4, -0.2) is 47.7 Å². The fourth-order valence-corrected chi connectivity index (χ4v) is 4.15. The second-order valence-corrected chi connectivity index (χ2v) is 7.98. The van der Waals surface area contributed by atoms with E-state index in [-0.39, 0.29) is 12.5 Å². The average molecular weight is 386 g/mol. The summed E-state index contributed by atoms with van der Waals surface area (Å²) in [5.74, 6) is 1.80. The SMILES string of the molecule is CCC(NC1CCCCC1)C(CO)CNc1ncc(C)cc1C1=NCC=CN1. The second kappa shape index (κ2) is 10.6. The van der Waals surface area contributed by atoms with Crippen molar-refractivity contribution in [2.45, 2.75) is 64.5 Å². The summed E-state index contributed by atoms with van der Waals surface area (Å²) in [5, 5.41) is 20.6. The van der Waals surface area contributed by atoms with Crippen LogP contribution in [0.1, 0.15) is 56.6 Å². The first-order valence-corrected chi connectivity index (χ1v) is 10.7. The van der Waals surface area contributed by atoms with Crippen LogP contribution < -0.4 is 16.0 Å². The second-order valence-electron chi connectivity index (χ2n) is 7.98. The summed E-state index contributed by atoms with van der Waals surface area (Å²) in [6.07, 6.45) is 13.3. The highest BCUT2D eigenvalue weighted by Crippen LogP contribution is 2.21. The normalized spacial score (nSPS) is 19.6. The molecule has 0 saturated heterocycles. The highest BCUT2D eigenvalue weighted by molar-refractivity contribution is 6.03. The molecule has 1 aliphatic carbocycles. The van der Waals surface area contributed by atoms with Gasteiger partial charge in [0.15, 0.2) is 0 Å². The van der Waals surface area contributed by atoms with Gasteiger partial charge in [-0.2, -0.15) is 0 Å². The van der Waals surface area contributed by atoms with E-state index in [0.717, 1.165) is 29.2 Å². The summed E-state index contributed by atoms with van der Waals surface area (Å²) in [5.41, 5.74) is 2.08. The Kier molecular flexibility index (Phi) is 7.86. The number of aliphatic hydroxyl groups excluding tert-OH is 1. The van der Waals surface area contributed by atoms with E-state index < -0.39 is 0 Å². The van der Waals surface area contributed by atoms with Crippen molar-refractivity contribution in [1.29, 1.82) is 0 Å². The van der Waals surface area contributed by atoms with Crippen molar-refractivity contribution >= 4 is 11.7 Å². The predicted octanol–water partition coefficient (Wildman–Crippen LogP) is 2.97. The fourth-order valence-electron chi connectivity index (χ4n) is 4.15. The van der Waals surface area contributed by atoms with Crippen LogP contribution in [0.3, 0.4) is 0 Å². The lowest BCUT2D eigenvalue weighted by molar-refractivity contribution is 0.180. The third-order valence-electron chi connectivity index (χ3n) is 5.80. The molecule has 6 nitrogen and oxygen atoms in total. The topological polar surface area (TPSA) is 81.6 Å². The number of aliphatic hydroxyl groups is 1. The smallest absolute Gasteiger partial charge is 0.136 e. The van der Waals surface area contributed by atoms with Crippen molar-refractivity contribution in [3.63, 3.8) is 0 Å². The molecule has 2 atom stereocenters. The van der Waals surface area contributed by atoms with Gasteiger partial charge in [0.2, 0.25) is 0 Å². The third-order valence-corrected chi connectivity index (χ3v) is 5.80. The Morgan fingerprint density at radius 2 is 2.11 bits per heavy atom. The lowest BCUT2D eigenvalue weighted by Crippen LogP contribution is -2.46. The lowest BCUT2D eigenvalue weighted by Gasteiger charge is -2.32. The van der Waals surface area contributed by atoms with E-state index in [9.17, 15) is 5.11 Å². The van der Waals surface area contributed by atoms with Gasteiger partial charge in [-0.25, -0.2) is 4.98 Å². The van der Waals surface area contributed by atoms with Crippen molar-refractivity contribution < 1.29 is 5.11 Å². The number of aliphatic imine (C=N–C) groups is 1. The van der Waals surface area contributed by atoms with Crippen LogP contribution in [0.5, 0.6) is 0 Å². The molecule has 1 aromatic heterocycles. The maximum atomic E-state index is 10.1. The molecule has 0 radical (unpaired) electrons. The number of nitrogens with zero attached hydrogens (tertiary/aromatic N) is 2. The number of aryl methyl sites for hydroxylation is 1. The lowest BCUT2D eigenvalue weighted by atomic mass is 9.91. The van der Waals surface area contributed by atoms with Crippen LogP contribution in [0, 0.1) is 12.8 Å². The van der Waals surface area contributed by atoms with E-state index in [4.69, 9.17) is 0 Å². The molecule has 3 rings (SSSR count). The number of pyridine rings is 1. The number of hydrogen-bond acceptors (Lipinski definition) is 6. The van der Waals surface area contributed by atoms with E-state index in [2.05, 4.69) is 38.9 Å². The molecule has 0 aromatic carbocycles. The molecule has 0 bridgehead atoms. The Balaban J connectivity index is 1.66. The third kappa shape index (κ3) is 5.55. The highest BCUT2D eigenvalue weighted by atomic mass is 16.3. The maximum Gasteiger partial charge on any atom is 0.136 e. The van der Waals surface area contributed by atoms with Gasteiger partial charge >= 0.3 is 0 Å². The molecule has 0 spiro atoms. The number of amidine groups is 1. The summed E-state index contributed by atoms with van der Waals surface area (Å²) in [4.78, 5) is 9.16. The molecular formula is C22H35N5O. The quantitative estimate of drug-likeness (QED) is 0.525. The zero-order valence-electron chi connectivity index (χ0n) is 17.2. The minimum Gasteiger partial charge on any atom is -0.396 e. The number of rotatable bonds is 9. The van der Waals surface area contributed by atoms with Crippen LogP contribution in [0.25, 0.3) is 0 Å². The number of hydrogen-bond donors (Lipinski definition) is 4. The van der Waals surface area contributed by atoms with Crippen LogP contribution in [-0.2, 0) is 0 Å². The summed E-state index contributed by atoms with van der Waals surface area (Å²) >= 11 is 0. The van der Waals surface area contributed by atoms with Crippen molar-refractivity contribution in [1.82, 2.24) is 15.6 Å². The summed E-state index contributed by atoms with van der Waals surface area (Å²) < 4.78 is 0. The van der Waals surface area contributed by atoms with E-state index in [1.54, 1.807) is 0 Å². The number of nitrogens with one attached hydrogen (secondary N) is 3. The van der Waals surface area contributed by atoms with Crippen LogP contribution >= 0.6 is 0 Å². The van der Waals surface area contributed by atoms with E-state index in [0.29, 0.717) is 25.2 Å². The summed E-state index contributed by atoms with van der Waals surface area (Å²) in [7, 11) is 0. The van der Waals surface area contributed by atoms with Gasteiger partial charge in [-0.3, -0.25) is 4.99 Å². The summed E-state index contributed by atoms with van der Waals surface area (Å²) in [6.45, 7) is 5.76. The van der Waals surface area contributed by atoms with Crippen LogP contribution in [0.4, 0.5) is 5.82 Å². The Morgan fingerprint density at radius 1 is 1.29 bits per heavy atom. The Hall–Kier alpha value is -1.92. The molecule has 1 aliphatic heterocycles. The van der Waals surface area contributed by atoms with Crippen molar-refractivity contribution in [3.8, 4) is 0 Å². The minimum absolute atomic E-state index is 0.143. The minimum atomic E-state index is 0.143. The molecule has 2 unspecified atom stereocenters. The molecule has 2 heterocycles. The molecule has 0 amide bonds. The van der Waals surface area contributed by atoms with Gasteiger partial charge in [0.25, 0.3) is 0 Å². The van der Waals surface area contributed by atoms with Gasteiger partial charge in [-0.05, 0) is 43.9 Å². The molecule has 1 fully saturated rings. The molecule has 28 heavy (non-hydrogen) atoms. The fraction of sp³-hybridized carbons (Fsp3) is 0.636. The number of aromatic nitrogens is 1. The first-order valence-electron chi connectivity index (χ1n) is 10.7. The maximum absolute atomic E-state index is 10.1. The van der Waals surface area contributed by atoms with Gasteiger partial charge in [0.1, 0.15) is 11.7 Å². The Bertz CT molecular complexity index is 682. The molecule has 4 N–H and O–H groups in total. The summed E-state index contributed by atoms with van der Waals surface area (Å²) in [6, 6.07) is 3.00. The van der Waals surface area contributed by atoms with Gasteiger partial charge in [-0.1, -0.05) is 26.2 Å². The van der Waals surface area contributed by atoms with Gasteiger partial charge in [0.05, 0.1) is 12.1 Å². The number of anilines is 1.